The van der Waals surface area contributed by atoms with E-state index in [0.717, 1.165) is 42.3 Å². The SMILES string of the molecule is COC1(c2noc(-c3c[nH]c4ncncc34)n2)CCCC1. The second kappa shape index (κ2) is 4.63. The smallest absolute Gasteiger partial charge is 0.260 e. The molecule has 21 heavy (non-hydrogen) atoms. The van der Waals surface area contributed by atoms with Gasteiger partial charge in [0, 0.05) is 24.9 Å². The summed E-state index contributed by atoms with van der Waals surface area (Å²) in [4.78, 5) is 15.8. The first-order valence-electron chi connectivity index (χ1n) is 6.99. The maximum absolute atomic E-state index is 5.69. The Morgan fingerprint density at radius 2 is 2.19 bits per heavy atom. The number of nitrogens with zero attached hydrogens (tertiary/aromatic N) is 4. The zero-order valence-corrected chi connectivity index (χ0v) is 11.7. The van der Waals surface area contributed by atoms with Crippen LogP contribution in [-0.4, -0.2) is 32.2 Å². The quantitative estimate of drug-likeness (QED) is 0.794. The number of ether oxygens (including phenoxy) is 1. The number of methoxy groups -OCH3 is 1. The van der Waals surface area contributed by atoms with Gasteiger partial charge in [-0.25, -0.2) is 9.97 Å². The minimum absolute atomic E-state index is 0.398. The highest BCUT2D eigenvalue weighted by Gasteiger charge is 2.40. The molecule has 108 valence electrons. The van der Waals surface area contributed by atoms with Gasteiger partial charge in [0.05, 0.1) is 5.56 Å². The molecule has 7 heteroatoms. The molecule has 0 saturated heterocycles. The fourth-order valence-corrected chi connectivity index (χ4v) is 3.02. The number of nitrogens with one attached hydrogen (secondary N) is 1. The van der Waals surface area contributed by atoms with Crippen LogP contribution in [0.2, 0.25) is 0 Å². The molecule has 0 unspecified atom stereocenters. The zero-order valence-electron chi connectivity index (χ0n) is 11.7. The third-order valence-electron chi connectivity index (χ3n) is 4.22. The highest BCUT2D eigenvalue weighted by atomic mass is 16.5. The van der Waals surface area contributed by atoms with Crippen LogP contribution in [0.3, 0.4) is 0 Å². The third kappa shape index (κ3) is 1.84. The Hall–Kier alpha value is -2.28. The molecule has 7 nitrogen and oxygen atoms in total. The maximum Gasteiger partial charge on any atom is 0.260 e. The summed E-state index contributed by atoms with van der Waals surface area (Å²) in [5.41, 5.74) is 1.17. The first kappa shape index (κ1) is 12.5. The van der Waals surface area contributed by atoms with Gasteiger partial charge in [0.25, 0.3) is 5.89 Å². The molecule has 4 rings (SSSR count). The van der Waals surface area contributed by atoms with Gasteiger partial charge in [0.1, 0.15) is 17.6 Å². The summed E-state index contributed by atoms with van der Waals surface area (Å²) in [5.74, 6) is 1.10. The van der Waals surface area contributed by atoms with Gasteiger partial charge in [-0.1, -0.05) is 5.16 Å². The molecule has 1 saturated carbocycles. The molecular formula is C14H15N5O2. The molecule has 0 aromatic carbocycles. The van der Waals surface area contributed by atoms with Gasteiger partial charge >= 0.3 is 0 Å². The number of hydrogen-bond acceptors (Lipinski definition) is 6. The summed E-state index contributed by atoms with van der Waals surface area (Å²) in [5, 5.41) is 5.00. The Morgan fingerprint density at radius 1 is 1.33 bits per heavy atom. The highest BCUT2D eigenvalue weighted by molar-refractivity contribution is 5.90. The molecule has 3 aromatic heterocycles. The Labute approximate surface area is 120 Å². The van der Waals surface area contributed by atoms with E-state index in [9.17, 15) is 0 Å². The molecule has 0 amide bonds. The van der Waals surface area contributed by atoms with Crippen molar-refractivity contribution in [3.05, 3.63) is 24.5 Å². The summed E-state index contributed by atoms with van der Waals surface area (Å²) in [6, 6.07) is 0. The van der Waals surface area contributed by atoms with Gasteiger partial charge in [-0.3, -0.25) is 0 Å². The number of aromatic nitrogens is 5. The van der Waals surface area contributed by atoms with Crippen LogP contribution in [0.25, 0.3) is 22.5 Å². The molecule has 0 atom stereocenters. The average Bonchev–Trinajstić information content (AvgIpc) is 3.25. The minimum atomic E-state index is -0.398. The van der Waals surface area contributed by atoms with Crippen molar-refractivity contribution in [1.82, 2.24) is 25.1 Å². The monoisotopic (exact) mass is 285 g/mol. The van der Waals surface area contributed by atoms with Crippen LogP contribution in [0.4, 0.5) is 0 Å². The summed E-state index contributed by atoms with van der Waals surface area (Å²) < 4.78 is 11.1. The van der Waals surface area contributed by atoms with Crippen molar-refractivity contribution in [2.45, 2.75) is 31.3 Å². The molecule has 1 N–H and O–H groups in total. The van der Waals surface area contributed by atoms with Crippen LogP contribution in [0.15, 0.2) is 23.2 Å². The Morgan fingerprint density at radius 3 is 3.00 bits per heavy atom. The number of rotatable bonds is 3. The van der Waals surface area contributed by atoms with E-state index in [-0.39, 0.29) is 0 Å². The van der Waals surface area contributed by atoms with Crippen molar-refractivity contribution in [3.8, 4) is 11.5 Å². The average molecular weight is 285 g/mol. The Bertz CT molecular complexity index is 772. The second-order valence-corrected chi connectivity index (χ2v) is 5.32. The van der Waals surface area contributed by atoms with Crippen molar-refractivity contribution in [2.75, 3.05) is 7.11 Å². The lowest BCUT2D eigenvalue weighted by Gasteiger charge is -2.22. The number of fused-ring (bicyclic) bond motifs is 1. The normalized spacial score (nSPS) is 17.6. The Kier molecular flexibility index (Phi) is 2.75. The lowest BCUT2D eigenvalue weighted by atomic mass is 10.0. The lowest BCUT2D eigenvalue weighted by Crippen LogP contribution is -2.25. The molecule has 0 bridgehead atoms. The van der Waals surface area contributed by atoms with Crippen LogP contribution in [0.5, 0.6) is 0 Å². The maximum atomic E-state index is 5.69. The number of H-pyrrole nitrogens is 1. The first-order valence-corrected chi connectivity index (χ1v) is 6.99. The third-order valence-corrected chi connectivity index (χ3v) is 4.22. The molecule has 0 spiro atoms. The predicted octanol–water partition coefficient (Wildman–Crippen LogP) is 2.42. The fourth-order valence-electron chi connectivity index (χ4n) is 3.02. The lowest BCUT2D eigenvalue weighted by molar-refractivity contribution is -0.0178. The van der Waals surface area contributed by atoms with Gasteiger partial charge in [-0.05, 0) is 25.7 Å². The molecule has 1 aliphatic rings. The van der Waals surface area contributed by atoms with Gasteiger partial charge in [0.15, 0.2) is 0 Å². The number of hydrogen-bond donors (Lipinski definition) is 1. The van der Waals surface area contributed by atoms with Crippen LogP contribution in [-0.2, 0) is 10.3 Å². The van der Waals surface area contributed by atoms with Gasteiger partial charge in [-0.15, -0.1) is 0 Å². The zero-order chi connectivity index (χ0) is 14.3. The van der Waals surface area contributed by atoms with Crippen LogP contribution >= 0.6 is 0 Å². The molecule has 3 heterocycles. The van der Waals surface area contributed by atoms with Gasteiger partial charge in [-0.2, -0.15) is 4.98 Å². The van der Waals surface area contributed by atoms with Crippen molar-refractivity contribution >= 4 is 11.0 Å². The Balaban J connectivity index is 1.77. The summed E-state index contributed by atoms with van der Waals surface area (Å²) in [7, 11) is 1.71. The van der Waals surface area contributed by atoms with E-state index in [1.807, 2.05) is 6.20 Å². The first-order chi connectivity index (χ1) is 10.3. The van der Waals surface area contributed by atoms with E-state index in [0.29, 0.717) is 11.7 Å². The van der Waals surface area contributed by atoms with Crippen molar-refractivity contribution < 1.29 is 9.26 Å². The van der Waals surface area contributed by atoms with E-state index in [1.54, 1.807) is 13.3 Å². The summed E-state index contributed by atoms with van der Waals surface area (Å²) in [6.45, 7) is 0. The topological polar surface area (TPSA) is 89.7 Å². The standard InChI is InChI=1S/C14H15N5O2/c1-20-14(4-2-3-5-14)13-18-12(21-19-13)10-7-16-11-9(10)6-15-8-17-11/h6-8H,2-5H2,1H3,(H,15,16,17). The molecule has 1 fully saturated rings. The highest BCUT2D eigenvalue weighted by Crippen LogP contribution is 2.41. The molecule has 0 aliphatic heterocycles. The van der Waals surface area contributed by atoms with Gasteiger partial charge in [0.2, 0.25) is 5.82 Å². The van der Waals surface area contributed by atoms with E-state index in [4.69, 9.17) is 9.26 Å². The summed E-state index contributed by atoms with van der Waals surface area (Å²) in [6.07, 6.45) is 9.15. The number of aromatic amines is 1. The fraction of sp³-hybridized carbons (Fsp3) is 0.429. The molecular weight excluding hydrogens is 270 g/mol. The van der Waals surface area contributed by atoms with E-state index in [2.05, 4.69) is 25.1 Å². The van der Waals surface area contributed by atoms with E-state index < -0.39 is 5.60 Å². The summed E-state index contributed by atoms with van der Waals surface area (Å²) >= 11 is 0. The van der Waals surface area contributed by atoms with Crippen LogP contribution in [0.1, 0.15) is 31.5 Å². The predicted molar refractivity (Wildman–Crippen MR) is 74.3 cm³/mol. The minimum Gasteiger partial charge on any atom is -0.370 e. The van der Waals surface area contributed by atoms with Crippen molar-refractivity contribution in [2.24, 2.45) is 0 Å². The second-order valence-electron chi connectivity index (χ2n) is 5.32. The van der Waals surface area contributed by atoms with Crippen molar-refractivity contribution in [1.29, 1.82) is 0 Å². The van der Waals surface area contributed by atoms with Gasteiger partial charge < -0.3 is 14.2 Å². The molecule has 3 aromatic rings. The van der Waals surface area contributed by atoms with E-state index >= 15 is 0 Å². The van der Waals surface area contributed by atoms with Crippen LogP contribution < -0.4 is 0 Å². The largest absolute Gasteiger partial charge is 0.370 e. The van der Waals surface area contributed by atoms with Crippen LogP contribution in [0, 0.1) is 0 Å². The van der Waals surface area contributed by atoms with Crippen molar-refractivity contribution in [3.63, 3.8) is 0 Å². The molecule has 0 radical (unpaired) electrons. The molecule has 1 aliphatic carbocycles. The van der Waals surface area contributed by atoms with E-state index in [1.165, 1.54) is 6.33 Å².